The SMILES string of the molecule is CC(=O)Oc1c(C(C)=O)c2cc(C)ccc2n1C(C)=O. The number of carbonyl (C=O) groups is 3. The van der Waals surface area contributed by atoms with Crippen LogP contribution in [0, 0.1) is 6.92 Å². The van der Waals surface area contributed by atoms with E-state index in [-0.39, 0.29) is 23.1 Å². The van der Waals surface area contributed by atoms with Gasteiger partial charge in [0.15, 0.2) is 5.78 Å². The number of aromatic nitrogens is 1. The van der Waals surface area contributed by atoms with E-state index in [1.807, 2.05) is 13.0 Å². The molecule has 20 heavy (non-hydrogen) atoms. The lowest BCUT2D eigenvalue weighted by Crippen LogP contribution is -2.13. The quantitative estimate of drug-likeness (QED) is 0.623. The molecule has 0 saturated heterocycles. The molecule has 0 amide bonds. The van der Waals surface area contributed by atoms with Crippen LogP contribution in [0.15, 0.2) is 18.2 Å². The van der Waals surface area contributed by atoms with Crippen LogP contribution >= 0.6 is 0 Å². The number of benzene rings is 1. The van der Waals surface area contributed by atoms with E-state index < -0.39 is 5.97 Å². The zero-order valence-electron chi connectivity index (χ0n) is 11.8. The molecule has 0 aliphatic carbocycles. The molecule has 5 nitrogen and oxygen atoms in total. The Kier molecular flexibility index (Phi) is 3.44. The summed E-state index contributed by atoms with van der Waals surface area (Å²) in [5.41, 5.74) is 1.77. The Hall–Kier alpha value is -2.43. The van der Waals surface area contributed by atoms with Gasteiger partial charge in [0.05, 0.1) is 11.1 Å². The minimum absolute atomic E-state index is 0.00176. The van der Waals surface area contributed by atoms with E-state index in [0.29, 0.717) is 10.9 Å². The molecule has 5 heteroatoms. The van der Waals surface area contributed by atoms with Crippen LogP contribution in [-0.2, 0) is 4.79 Å². The lowest BCUT2D eigenvalue weighted by Gasteiger charge is -2.06. The number of Topliss-reactive ketones (excluding diaryl/α,β-unsaturated/α-hetero) is 1. The number of hydrogen-bond acceptors (Lipinski definition) is 4. The van der Waals surface area contributed by atoms with Gasteiger partial charge >= 0.3 is 5.97 Å². The Balaban J connectivity index is 2.94. The highest BCUT2D eigenvalue weighted by Gasteiger charge is 2.24. The first kappa shape index (κ1) is 14.0. The minimum Gasteiger partial charge on any atom is -0.408 e. The van der Waals surface area contributed by atoms with E-state index in [1.165, 1.54) is 25.3 Å². The van der Waals surface area contributed by atoms with Crippen molar-refractivity contribution >= 4 is 28.6 Å². The summed E-state index contributed by atoms with van der Waals surface area (Å²) >= 11 is 0. The van der Waals surface area contributed by atoms with Gasteiger partial charge in [-0.1, -0.05) is 11.6 Å². The molecule has 1 aromatic carbocycles. The fourth-order valence-corrected chi connectivity index (χ4v) is 2.27. The summed E-state index contributed by atoms with van der Waals surface area (Å²) in [4.78, 5) is 35.0. The molecule has 0 aliphatic heterocycles. The molecule has 0 fully saturated rings. The average Bonchev–Trinajstić information content (AvgIpc) is 2.60. The Labute approximate surface area is 116 Å². The second-order valence-corrected chi connectivity index (χ2v) is 4.71. The van der Waals surface area contributed by atoms with Gasteiger partial charge in [-0.25, -0.2) is 4.57 Å². The lowest BCUT2D eigenvalue weighted by molar-refractivity contribution is -0.132. The Morgan fingerprint density at radius 3 is 2.25 bits per heavy atom. The first-order valence-corrected chi connectivity index (χ1v) is 6.18. The number of ketones is 1. The summed E-state index contributed by atoms with van der Waals surface area (Å²) in [6.07, 6.45) is 0. The molecule has 0 aliphatic rings. The van der Waals surface area contributed by atoms with Crippen molar-refractivity contribution in [3.05, 3.63) is 29.3 Å². The van der Waals surface area contributed by atoms with E-state index in [9.17, 15) is 14.4 Å². The highest BCUT2D eigenvalue weighted by atomic mass is 16.5. The van der Waals surface area contributed by atoms with Gasteiger partial charge in [0.1, 0.15) is 0 Å². The molecule has 1 heterocycles. The highest BCUT2D eigenvalue weighted by Crippen LogP contribution is 2.33. The summed E-state index contributed by atoms with van der Waals surface area (Å²) in [7, 11) is 0. The fraction of sp³-hybridized carbons (Fsp3) is 0.267. The van der Waals surface area contributed by atoms with Gasteiger partial charge in [-0.15, -0.1) is 0 Å². The molecule has 1 aromatic heterocycles. The van der Waals surface area contributed by atoms with Crippen molar-refractivity contribution in [2.75, 3.05) is 0 Å². The van der Waals surface area contributed by atoms with Crippen LogP contribution in [0.3, 0.4) is 0 Å². The number of esters is 1. The van der Waals surface area contributed by atoms with Crippen LogP contribution in [0.5, 0.6) is 5.88 Å². The molecule has 104 valence electrons. The van der Waals surface area contributed by atoms with Gasteiger partial charge in [0.2, 0.25) is 11.8 Å². The second kappa shape index (κ2) is 4.92. The largest absolute Gasteiger partial charge is 0.408 e. The Morgan fingerprint density at radius 1 is 1.10 bits per heavy atom. The zero-order valence-corrected chi connectivity index (χ0v) is 11.8. The summed E-state index contributed by atoms with van der Waals surface area (Å²) in [5.74, 6) is -1.15. The molecular formula is C15H15NO4. The first-order valence-electron chi connectivity index (χ1n) is 6.18. The van der Waals surface area contributed by atoms with Crippen LogP contribution in [0.1, 0.15) is 41.5 Å². The van der Waals surface area contributed by atoms with Crippen molar-refractivity contribution in [1.82, 2.24) is 4.57 Å². The monoisotopic (exact) mass is 273 g/mol. The van der Waals surface area contributed by atoms with Gasteiger partial charge < -0.3 is 4.74 Å². The van der Waals surface area contributed by atoms with E-state index in [0.717, 1.165) is 5.56 Å². The van der Waals surface area contributed by atoms with Gasteiger partial charge in [-0.05, 0) is 26.0 Å². The molecule has 0 spiro atoms. The van der Waals surface area contributed by atoms with Crippen molar-refractivity contribution in [3.63, 3.8) is 0 Å². The molecule has 0 unspecified atom stereocenters. The molecular weight excluding hydrogens is 258 g/mol. The van der Waals surface area contributed by atoms with Crippen LogP contribution in [0.25, 0.3) is 10.9 Å². The molecule has 0 radical (unpaired) electrons. The van der Waals surface area contributed by atoms with Crippen molar-refractivity contribution in [1.29, 1.82) is 0 Å². The summed E-state index contributed by atoms with van der Waals surface area (Å²) in [6.45, 7) is 5.86. The number of ether oxygens (including phenoxy) is 1. The van der Waals surface area contributed by atoms with E-state index in [1.54, 1.807) is 12.1 Å². The van der Waals surface area contributed by atoms with E-state index in [4.69, 9.17) is 4.74 Å². The van der Waals surface area contributed by atoms with E-state index >= 15 is 0 Å². The maximum atomic E-state index is 11.9. The van der Waals surface area contributed by atoms with Crippen molar-refractivity contribution in [2.45, 2.75) is 27.7 Å². The van der Waals surface area contributed by atoms with Gasteiger partial charge in [0.25, 0.3) is 0 Å². The molecule has 2 aromatic rings. The Morgan fingerprint density at radius 2 is 1.75 bits per heavy atom. The number of nitrogens with zero attached hydrogens (tertiary/aromatic N) is 1. The fourth-order valence-electron chi connectivity index (χ4n) is 2.27. The third kappa shape index (κ3) is 2.22. The van der Waals surface area contributed by atoms with Gasteiger partial charge in [0, 0.05) is 19.2 Å². The lowest BCUT2D eigenvalue weighted by atomic mass is 10.1. The Bertz CT molecular complexity index is 740. The summed E-state index contributed by atoms with van der Waals surface area (Å²) in [6, 6.07) is 5.38. The minimum atomic E-state index is -0.575. The normalized spacial score (nSPS) is 10.6. The highest BCUT2D eigenvalue weighted by molar-refractivity contribution is 6.12. The smallest absolute Gasteiger partial charge is 0.309 e. The third-order valence-corrected chi connectivity index (χ3v) is 2.99. The van der Waals surface area contributed by atoms with Crippen LogP contribution < -0.4 is 4.74 Å². The number of hydrogen-bond donors (Lipinski definition) is 0. The van der Waals surface area contributed by atoms with Gasteiger partial charge in [-0.2, -0.15) is 0 Å². The number of aryl methyl sites for hydroxylation is 1. The maximum Gasteiger partial charge on any atom is 0.309 e. The zero-order chi connectivity index (χ0) is 15.0. The van der Waals surface area contributed by atoms with Crippen molar-refractivity contribution in [2.24, 2.45) is 0 Å². The molecule has 0 bridgehead atoms. The van der Waals surface area contributed by atoms with Crippen molar-refractivity contribution in [3.8, 4) is 5.88 Å². The molecule has 0 atom stereocenters. The predicted octanol–water partition coefficient (Wildman–Crippen LogP) is 2.74. The first-order chi connectivity index (χ1) is 9.32. The topological polar surface area (TPSA) is 65.4 Å². The van der Waals surface area contributed by atoms with Crippen LogP contribution in [0.4, 0.5) is 0 Å². The molecule has 0 saturated carbocycles. The molecule has 2 rings (SSSR count). The molecule has 0 N–H and O–H groups in total. The summed E-state index contributed by atoms with van der Waals surface area (Å²) in [5, 5.41) is 0.615. The van der Waals surface area contributed by atoms with Crippen molar-refractivity contribution < 1.29 is 19.1 Å². The number of carbonyl (C=O) groups excluding carboxylic acids is 3. The second-order valence-electron chi connectivity index (χ2n) is 4.71. The van der Waals surface area contributed by atoms with E-state index in [2.05, 4.69) is 0 Å². The predicted molar refractivity (Wildman–Crippen MR) is 74.3 cm³/mol. The summed E-state index contributed by atoms with van der Waals surface area (Å²) < 4.78 is 6.36. The van der Waals surface area contributed by atoms with Crippen LogP contribution in [-0.4, -0.2) is 22.2 Å². The van der Waals surface area contributed by atoms with Gasteiger partial charge in [-0.3, -0.25) is 14.4 Å². The maximum absolute atomic E-state index is 11.9. The van der Waals surface area contributed by atoms with Crippen LogP contribution in [0.2, 0.25) is 0 Å². The number of fused-ring (bicyclic) bond motifs is 1. The standard InChI is InChI=1S/C15H15NO4/c1-8-5-6-13-12(7-8)14(9(2)17)15(20-11(4)19)16(13)10(3)18/h5-7H,1-4H3. The number of rotatable bonds is 2. The average molecular weight is 273 g/mol. The third-order valence-electron chi connectivity index (χ3n) is 2.99.